The van der Waals surface area contributed by atoms with E-state index in [1.807, 2.05) is 48.5 Å². The Morgan fingerprint density at radius 1 is 1.06 bits per heavy atom. The lowest BCUT2D eigenvalue weighted by atomic mass is 9.98. The van der Waals surface area contributed by atoms with Gasteiger partial charge in [-0.05, 0) is 28.7 Å². The summed E-state index contributed by atoms with van der Waals surface area (Å²) < 4.78 is 28.7. The fraction of sp³-hybridized carbons (Fsp3) is 0.375. The molecule has 2 amide bonds. The highest BCUT2D eigenvalue weighted by Crippen LogP contribution is 2.44. The number of likely N-dealkylation sites (tertiary alicyclic amines) is 1. The lowest BCUT2D eigenvalue weighted by Gasteiger charge is -2.38. The number of nitrogens with zero attached hydrogens (tertiary/aromatic N) is 1. The van der Waals surface area contributed by atoms with Crippen LogP contribution in [0.3, 0.4) is 0 Å². The van der Waals surface area contributed by atoms with Crippen molar-refractivity contribution in [2.75, 3.05) is 31.7 Å². The van der Waals surface area contributed by atoms with Gasteiger partial charge in [0.15, 0.2) is 0 Å². The van der Waals surface area contributed by atoms with Crippen LogP contribution in [0.1, 0.15) is 23.5 Å². The smallest absolute Gasteiger partial charge is 0.407 e. The number of ether oxygens (including phenoxy) is 1. The Balaban J connectivity index is 1.42. The third-order valence-corrected chi connectivity index (χ3v) is 7.23. The molecule has 1 unspecified atom stereocenters. The third-order valence-electron chi connectivity index (χ3n) is 6.25. The van der Waals surface area contributed by atoms with Crippen molar-refractivity contribution in [1.82, 2.24) is 10.2 Å². The molecule has 2 aliphatic rings. The van der Waals surface area contributed by atoms with Gasteiger partial charge in [-0.15, -0.1) is 0 Å². The van der Waals surface area contributed by atoms with Crippen molar-refractivity contribution in [3.63, 3.8) is 0 Å². The van der Waals surface area contributed by atoms with E-state index in [1.54, 1.807) is 0 Å². The summed E-state index contributed by atoms with van der Waals surface area (Å²) in [4.78, 5) is 37.8. The molecule has 4 rings (SSSR count). The molecular weight excluding hydrogens is 460 g/mol. The number of fused-ring (bicyclic) bond motifs is 3. The molecule has 0 radical (unpaired) electrons. The number of carbonyl (C=O) groups excluding carboxylic acids is 2. The largest absolute Gasteiger partial charge is 0.481 e. The molecule has 1 heterocycles. The molecule has 0 bridgehead atoms. The van der Waals surface area contributed by atoms with Crippen LogP contribution < -0.4 is 5.32 Å². The standard InChI is InChI=1S/C24H26N2O7S/c1-34(31,32)11-10-21(22(27)26-12-15(13-26)23(28)29)25-24(30)33-14-20-18-8-4-2-6-16(18)17-7-3-5-9-19(17)20/h2-9,15,20-21H,10-14H2,1H3,(H,25,30)(H,28,29). The third kappa shape index (κ3) is 5.06. The number of hydrogen-bond donors (Lipinski definition) is 2. The minimum atomic E-state index is -3.38. The van der Waals surface area contributed by atoms with E-state index < -0.39 is 39.8 Å². The van der Waals surface area contributed by atoms with Gasteiger partial charge in [0, 0.05) is 25.3 Å². The van der Waals surface area contributed by atoms with E-state index in [0.29, 0.717) is 0 Å². The zero-order valence-corrected chi connectivity index (χ0v) is 19.5. The number of carboxylic acids is 1. The van der Waals surface area contributed by atoms with E-state index in [0.717, 1.165) is 28.5 Å². The molecule has 10 heteroatoms. The molecule has 1 aliphatic carbocycles. The number of benzene rings is 2. The highest BCUT2D eigenvalue weighted by molar-refractivity contribution is 7.90. The van der Waals surface area contributed by atoms with Crippen LogP contribution >= 0.6 is 0 Å². The number of alkyl carbamates (subject to hydrolysis) is 1. The number of sulfone groups is 1. The Labute approximate surface area is 197 Å². The number of rotatable bonds is 8. The second-order valence-corrected chi connectivity index (χ2v) is 11.0. The van der Waals surface area contributed by atoms with Crippen LogP contribution in [-0.2, 0) is 24.2 Å². The number of aliphatic carboxylic acids is 1. The maximum Gasteiger partial charge on any atom is 0.407 e. The molecular formula is C24H26N2O7S. The van der Waals surface area contributed by atoms with E-state index in [-0.39, 0.29) is 37.8 Å². The van der Waals surface area contributed by atoms with Crippen LogP contribution in [0.4, 0.5) is 4.79 Å². The summed E-state index contributed by atoms with van der Waals surface area (Å²) in [5.41, 5.74) is 4.25. The summed E-state index contributed by atoms with van der Waals surface area (Å²) in [5, 5.41) is 11.5. The Morgan fingerprint density at radius 2 is 1.62 bits per heavy atom. The first kappa shape index (κ1) is 23.7. The second-order valence-electron chi connectivity index (χ2n) is 8.72. The van der Waals surface area contributed by atoms with Gasteiger partial charge in [0.2, 0.25) is 5.91 Å². The Morgan fingerprint density at radius 3 is 2.15 bits per heavy atom. The average molecular weight is 487 g/mol. The van der Waals surface area contributed by atoms with Gasteiger partial charge in [-0.2, -0.15) is 0 Å². The number of amides is 2. The molecule has 2 aromatic rings. The summed E-state index contributed by atoms with van der Waals surface area (Å²) in [7, 11) is -3.38. The van der Waals surface area contributed by atoms with E-state index in [2.05, 4.69) is 5.32 Å². The van der Waals surface area contributed by atoms with Gasteiger partial charge in [-0.25, -0.2) is 13.2 Å². The summed E-state index contributed by atoms with van der Waals surface area (Å²) in [6.07, 6.45) is 0.0891. The zero-order valence-electron chi connectivity index (χ0n) is 18.6. The maximum absolute atomic E-state index is 12.8. The van der Waals surface area contributed by atoms with Gasteiger partial charge < -0.3 is 20.1 Å². The van der Waals surface area contributed by atoms with Gasteiger partial charge in [0.25, 0.3) is 0 Å². The van der Waals surface area contributed by atoms with E-state index >= 15 is 0 Å². The van der Waals surface area contributed by atoms with Gasteiger partial charge in [0.05, 0.1) is 11.7 Å². The molecule has 0 saturated carbocycles. The van der Waals surface area contributed by atoms with E-state index in [1.165, 1.54) is 4.90 Å². The summed E-state index contributed by atoms with van der Waals surface area (Å²) in [6.45, 7) is 0.101. The minimum Gasteiger partial charge on any atom is -0.481 e. The first-order valence-corrected chi connectivity index (χ1v) is 13.0. The van der Waals surface area contributed by atoms with Crippen LogP contribution in [0.25, 0.3) is 11.1 Å². The van der Waals surface area contributed by atoms with Crippen molar-refractivity contribution in [2.45, 2.75) is 18.4 Å². The predicted octanol–water partition coefficient (Wildman–Crippen LogP) is 1.87. The van der Waals surface area contributed by atoms with Crippen LogP contribution in [0.15, 0.2) is 48.5 Å². The lowest BCUT2D eigenvalue weighted by Crippen LogP contribution is -2.59. The van der Waals surface area contributed by atoms with Crippen molar-refractivity contribution in [3.8, 4) is 11.1 Å². The van der Waals surface area contributed by atoms with E-state index in [9.17, 15) is 22.8 Å². The minimum absolute atomic E-state index is 0.0237. The van der Waals surface area contributed by atoms with Gasteiger partial charge in [-0.3, -0.25) is 9.59 Å². The van der Waals surface area contributed by atoms with Crippen molar-refractivity contribution in [2.24, 2.45) is 5.92 Å². The van der Waals surface area contributed by atoms with Gasteiger partial charge in [-0.1, -0.05) is 48.5 Å². The Kier molecular flexibility index (Phi) is 6.60. The molecule has 9 nitrogen and oxygen atoms in total. The normalized spacial score (nSPS) is 16.2. The summed E-state index contributed by atoms with van der Waals surface area (Å²) in [6, 6.07) is 14.6. The molecule has 1 saturated heterocycles. The average Bonchev–Trinajstić information content (AvgIpc) is 3.07. The second kappa shape index (κ2) is 9.46. The molecule has 180 valence electrons. The molecule has 2 aromatic carbocycles. The lowest BCUT2D eigenvalue weighted by molar-refractivity contribution is -0.153. The molecule has 34 heavy (non-hydrogen) atoms. The maximum atomic E-state index is 12.8. The van der Waals surface area contributed by atoms with Crippen molar-refractivity contribution in [3.05, 3.63) is 59.7 Å². The number of nitrogens with one attached hydrogen (secondary N) is 1. The first-order chi connectivity index (χ1) is 16.1. The van der Waals surface area contributed by atoms with Crippen LogP contribution in [-0.4, -0.2) is 74.1 Å². The SMILES string of the molecule is CS(=O)(=O)CCC(NC(=O)OCC1c2ccccc2-c2ccccc21)C(=O)N1CC(C(=O)O)C1. The number of hydrogen-bond acceptors (Lipinski definition) is 6. The van der Waals surface area contributed by atoms with Crippen molar-refractivity contribution >= 4 is 27.8 Å². The fourth-order valence-electron chi connectivity index (χ4n) is 4.41. The number of carbonyl (C=O) groups is 3. The molecule has 2 N–H and O–H groups in total. The van der Waals surface area contributed by atoms with Gasteiger partial charge >= 0.3 is 12.1 Å². The number of carboxylic acid groups (broad SMARTS) is 1. The highest BCUT2D eigenvalue weighted by atomic mass is 32.2. The van der Waals surface area contributed by atoms with Crippen molar-refractivity contribution < 1.29 is 32.6 Å². The van der Waals surface area contributed by atoms with Crippen LogP contribution in [0.5, 0.6) is 0 Å². The monoisotopic (exact) mass is 486 g/mol. The molecule has 0 spiro atoms. The predicted molar refractivity (Wildman–Crippen MR) is 124 cm³/mol. The topological polar surface area (TPSA) is 130 Å². The first-order valence-electron chi connectivity index (χ1n) is 10.9. The summed E-state index contributed by atoms with van der Waals surface area (Å²) in [5.74, 6) is -2.64. The highest BCUT2D eigenvalue weighted by Gasteiger charge is 2.39. The van der Waals surface area contributed by atoms with Gasteiger partial charge in [0.1, 0.15) is 22.5 Å². The molecule has 1 fully saturated rings. The molecule has 1 atom stereocenters. The van der Waals surface area contributed by atoms with Crippen molar-refractivity contribution in [1.29, 1.82) is 0 Å². The Hall–Kier alpha value is -3.40. The summed E-state index contributed by atoms with van der Waals surface area (Å²) >= 11 is 0. The molecule has 0 aromatic heterocycles. The van der Waals surface area contributed by atoms with Crippen LogP contribution in [0.2, 0.25) is 0 Å². The fourth-order valence-corrected chi connectivity index (χ4v) is 5.07. The van der Waals surface area contributed by atoms with E-state index in [4.69, 9.17) is 9.84 Å². The quantitative estimate of drug-likeness (QED) is 0.583. The zero-order chi connectivity index (χ0) is 24.5. The Bertz CT molecular complexity index is 1180. The van der Waals surface area contributed by atoms with Crippen LogP contribution in [0, 0.1) is 5.92 Å². The molecule has 1 aliphatic heterocycles.